The van der Waals surface area contributed by atoms with E-state index in [2.05, 4.69) is 22.5 Å². The van der Waals surface area contributed by atoms with Crippen molar-refractivity contribution in [1.82, 2.24) is 4.57 Å². The molecule has 210 valence electrons. The van der Waals surface area contributed by atoms with Crippen molar-refractivity contribution in [2.75, 3.05) is 44.6 Å². The summed E-state index contributed by atoms with van der Waals surface area (Å²) in [6.07, 6.45) is -2.92. The number of ether oxygens (including phenoxy) is 3. The first-order valence-electron chi connectivity index (χ1n) is 12.0. The Morgan fingerprint density at radius 2 is 1.85 bits per heavy atom. The van der Waals surface area contributed by atoms with Gasteiger partial charge in [0, 0.05) is 48.5 Å². The molecule has 2 heterocycles. The van der Waals surface area contributed by atoms with Gasteiger partial charge < -0.3 is 29.4 Å². The van der Waals surface area contributed by atoms with Gasteiger partial charge in [-0.3, -0.25) is 0 Å². The van der Waals surface area contributed by atoms with E-state index in [1.165, 1.54) is 32.4 Å². The van der Waals surface area contributed by atoms with Gasteiger partial charge in [-0.05, 0) is 37.0 Å². The van der Waals surface area contributed by atoms with Crippen molar-refractivity contribution in [2.24, 2.45) is 5.14 Å². The van der Waals surface area contributed by atoms with E-state index in [4.69, 9.17) is 19.3 Å². The molecule has 1 saturated heterocycles. The first-order chi connectivity index (χ1) is 18.5. The molecule has 4 rings (SSSR count). The summed E-state index contributed by atoms with van der Waals surface area (Å²) in [4.78, 5) is -0.117. The number of primary sulfonamides is 1. The molecule has 9 nitrogen and oxygen atoms in total. The molecular formula is C26H29F3N4O5S. The lowest BCUT2D eigenvalue weighted by atomic mass is 10.1. The number of nitrogens with one attached hydrogen (secondary N) is 2. The average molecular weight is 567 g/mol. The zero-order valence-corrected chi connectivity index (χ0v) is 22.2. The summed E-state index contributed by atoms with van der Waals surface area (Å²) in [5.74, 6) is 6.34. The number of nitrogens with zero attached hydrogens (tertiary/aromatic N) is 1. The van der Waals surface area contributed by atoms with Gasteiger partial charge in [-0.1, -0.05) is 5.92 Å². The standard InChI is InChI=1S/C26H29F3N4O5S/c1-36-19-13-23(32-17-7-10-38-11-8-17)21-12-18(33(24(21)14-19)16-26(27,28)29)4-3-9-31-22-6-5-20(39(30,34)35)15-25(22)37-2/h5-6,12-15,17,31-32H,7-11,16H2,1-2H3,(H2,30,34,35). The average Bonchev–Trinajstić information content (AvgIpc) is 3.22. The van der Waals surface area contributed by atoms with Gasteiger partial charge >= 0.3 is 6.18 Å². The van der Waals surface area contributed by atoms with E-state index in [9.17, 15) is 21.6 Å². The largest absolute Gasteiger partial charge is 0.497 e. The third kappa shape index (κ3) is 7.08. The van der Waals surface area contributed by atoms with E-state index in [0.717, 1.165) is 17.4 Å². The SMILES string of the molecule is COc1cc(NC2CCOCC2)c2cc(C#CCNc3ccc(S(N)(=O)=O)cc3OC)n(CC(F)(F)F)c2c1. The Labute approximate surface area is 224 Å². The van der Waals surface area contributed by atoms with Crippen LogP contribution in [0.5, 0.6) is 11.5 Å². The highest BCUT2D eigenvalue weighted by atomic mass is 32.2. The lowest BCUT2D eigenvalue weighted by Crippen LogP contribution is -2.27. The highest BCUT2D eigenvalue weighted by Crippen LogP contribution is 2.35. The molecule has 0 bridgehead atoms. The monoisotopic (exact) mass is 566 g/mol. The Hall–Kier alpha value is -3.60. The van der Waals surface area contributed by atoms with Crippen molar-refractivity contribution in [3.8, 4) is 23.3 Å². The maximum absolute atomic E-state index is 13.6. The van der Waals surface area contributed by atoms with Gasteiger partial charge in [0.1, 0.15) is 18.0 Å². The van der Waals surface area contributed by atoms with Crippen LogP contribution < -0.4 is 25.2 Å². The maximum atomic E-state index is 13.6. The summed E-state index contributed by atoms with van der Waals surface area (Å²) < 4.78 is 81.1. The van der Waals surface area contributed by atoms with Gasteiger partial charge in [0.2, 0.25) is 10.0 Å². The van der Waals surface area contributed by atoms with Crippen LogP contribution in [0.15, 0.2) is 41.3 Å². The smallest absolute Gasteiger partial charge is 0.406 e. The number of benzene rings is 2. The van der Waals surface area contributed by atoms with E-state index in [1.807, 2.05) is 0 Å². The van der Waals surface area contributed by atoms with Crippen molar-refractivity contribution in [2.45, 2.75) is 36.5 Å². The van der Waals surface area contributed by atoms with Crippen LogP contribution in [0.3, 0.4) is 0 Å². The Balaban J connectivity index is 1.66. The Bertz CT molecular complexity index is 1500. The number of rotatable bonds is 8. The number of fused-ring (bicyclic) bond motifs is 1. The van der Waals surface area contributed by atoms with Crippen molar-refractivity contribution >= 4 is 32.3 Å². The first-order valence-corrected chi connectivity index (χ1v) is 13.6. The van der Waals surface area contributed by atoms with E-state index in [-0.39, 0.29) is 28.9 Å². The summed E-state index contributed by atoms with van der Waals surface area (Å²) in [5.41, 5.74) is 1.64. The Morgan fingerprint density at radius 1 is 1.10 bits per heavy atom. The number of methoxy groups -OCH3 is 2. The van der Waals surface area contributed by atoms with Gasteiger partial charge in [0.15, 0.2) is 0 Å². The summed E-state index contributed by atoms with van der Waals surface area (Å²) in [7, 11) is -1.08. The predicted molar refractivity (Wildman–Crippen MR) is 142 cm³/mol. The molecule has 1 fully saturated rings. The van der Waals surface area contributed by atoms with E-state index in [1.54, 1.807) is 18.2 Å². The van der Waals surface area contributed by atoms with Crippen LogP contribution in [-0.2, 0) is 21.3 Å². The minimum atomic E-state index is -4.48. The van der Waals surface area contributed by atoms with Crippen LogP contribution in [0.4, 0.5) is 24.5 Å². The number of hydrogen-bond acceptors (Lipinski definition) is 7. The van der Waals surface area contributed by atoms with E-state index >= 15 is 0 Å². The lowest BCUT2D eigenvalue weighted by Gasteiger charge is -2.25. The third-order valence-corrected chi connectivity index (χ3v) is 7.14. The molecule has 39 heavy (non-hydrogen) atoms. The predicted octanol–water partition coefficient (Wildman–Crippen LogP) is 3.92. The molecule has 0 spiro atoms. The minimum Gasteiger partial charge on any atom is -0.497 e. The summed E-state index contributed by atoms with van der Waals surface area (Å²) in [6, 6.07) is 9.15. The second-order valence-corrected chi connectivity index (χ2v) is 10.5. The minimum absolute atomic E-state index is 0.0507. The second kappa shape index (κ2) is 11.6. The Morgan fingerprint density at radius 3 is 2.49 bits per heavy atom. The highest BCUT2D eigenvalue weighted by Gasteiger charge is 2.30. The zero-order valence-electron chi connectivity index (χ0n) is 21.4. The number of halogens is 3. The molecule has 1 aliphatic rings. The van der Waals surface area contributed by atoms with Gasteiger partial charge in [-0.15, -0.1) is 0 Å². The van der Waals surface area contributed by atoms with Crippen LogP contribution in [0.2, 0.25) is 0 Å². The number of alkyl halides is 3. The Kier molecular flexibility index (Phi) is 8.48. The number of hydrogen-bond donors (Lipinski definition) is 3. The fraction of sp³-hybridized carbons (Fsp3) is 0.385. The van der Waals surface area contributed by atoms with Crippen molar-refractivity contribution < 1.29 is 35.8 Å². The molecule has 0 unspecified atom stereocenters. The topological polar surface area (TPSA) is 117 Å². The quantitative estimate of drug-likeness (QED) is 0.354. The van der Waals surface area contributed by atoms with Crippen LogP contribution in [0.25, 0.3) is 10.9 Å². The number of nitrogens with two attached hydrogens (primary N) is 1. The van der Waals surface area contributed by atoms with Crippen LogP contribution in [-0.4, -0.2) is 59.2 Å². The molecule has 0 radical (unpaired) electrons. The molecule has 13 heteroatoms. The molecular weight excluding hydrogens is 537 g/mol. The fourth-order valence-corrected chi connectivity index (χ4v) is 4.88. The van der Waals surface area contributed by atoms with Gasteiger partial charge in [-0.25, -0.2) is 13.6 Å². The first kappa shape index (κ1) is 28.4. The normalized spacial score (nSPS) is 14.5. The summed E-state index contributed by atoms with van der Waals surface area (Å²) >= 11 is 0. The second-order valence-electron chi connectivity index (χ2n) is 8.93. The number of anilines is 2. The van der Waals surface area contributed by atoms with Crippen LogP contribution in [0.1, 0.15) is 18.5 Å². The molecule has 0 amide bonds. The molecule has 2 aromatic carbocycles. The van der Waals surface area contributed by atoms with Gasteiger partial charge in [-0.2, -0.15) is 13.2 Å². The molecule has 1 aromatic heterocycles. The van der Waals surface area contributed by atoms with E-state index < -0.39 is 22.7 Å². The molecule has 4 N–H and O–H groups in total. The van der Waals surface area contributed by atoms with Crippen molar-refractivity contribution in [3.63, 3.8) is 0 Å². The fourth-order valence-electron chi connectivity index (χ4n) is 4.35. The maximum Gasteiger partial charge on any atom is 0.406 e. The van der Waals surface area contributed by atoms with Crippen LogP contribution in [0, 0.1) is 11.8 Å². The van der Waals surface area contributed by atoms with Crippen molar-refractivity contribution in [3.05, 3.63) is 42.1 Å². The highest BCUT2D eigenvalue weighted by molar-refractivity contribution is 7.89. The molecule has 0 aliphatic carbocycles. The van der Waals surface area contributed by atoms with Gasteiger partial charge in [0.25, 0.3) is 0 Å². The summed E-state index contributed by atoms with van der Waals surface area (Å²) in [5, 5.41) is 12.2. The molecule has 0 atom stereocenters. The van der Waals surface area contributed by atoms with Crippen LogP contribution >= 0.6 is 0 Å². The number of sulfonamides is 1. The number of aromatic nitrogens is 1. The zero-order chi connectivity index (χ0) is 28.2. The van der Waals surface area contributed by atoms with Crippen molar-refractivity contribution in [1.29, 1.82) is 0 Å². The molecule has 0 saturated carbocycles. The van der Waals surface area contributed by atoms with E-state index in [0.29, 0.717) is 41.2 Å². The summed E-state index contributed by atoms with van der Waals surface area (Å²) in [6.45, 7) is 0.0497. The lowest BCUT2D eigenvalue weighted by molar-refractivity contribution is -0.140. The molecule has 1 aliphatic heterocycles. The third-order valence-electron chi connectivity index (χ3n) is 6.23. The van der Waals surface area contributed by atoms with Gasteiger partial charge in [0.05, 0.1) is 42.6 Å². The molecule has 3 aromatic rings.